The first-order valence-corrected chi connectivity index (χ1v) is 11.9. The fraction of sp³-hybridized carbons (Fsp3) is 0.0968. The normalized spacial score (nSPS) is 15.3. The minimum atomic E-state index is 0.488. The van der Waals surface area contributed by atoms with Gasteiger partial charge in [0.05, 0.1) is 11.0 Å². The summed E-state index contributed by atoms with van der Waals surface area (Å²) in [5.41, 5.74) is 8.65. The summed E-state index contributed by atoms with van der Waals surface area (Å²) < 4.78 is 6.98. The Bertz CT molecular complexity index is 1610. The van der Waals surface area contributed by atoms with Gasteiger partial charge in [0.15, 0.2) is 0 Å². The summed E-state index contributed by atoms with van der Waals surface area (Å²) in [6, 6.07) is 30.7. The lowest BCUT2D eigenvalue weighted by Gasteiger charge is -2.21. The molecular formula is C31H25N3. The van der Waals surface area contributed by atoms with Gasteiger partial charge in [-0.05, 0) is 71.3 Å². The summed E-state index contributed by atoms with van der Waals surface area (Å²) in [6.45, 7) is 2.32. The van der Waals surface area contributed by atoms with Crippen molar-refractivity contribution in [3.05, 3.63) is 121 Å². The van der Waals surface area contributed by atoms with Gasteiger partial charge in [0.2, 0.25) is 0 Å². The number of para-hydroxylation sites is 2. The molecule has 3 heterocycles. The van der Waals surface area contributed by atoms with Crippen molar-refractivity contribution in [1.29, 1.82) is 0 Å². The molecule has 0 spiro atoms. The van der Waals surface area contributed by atoms with Crippen molar-refractivity contribution in [2.45, 2.75) is 19.3 Å². The van der Waals surface area contributed by atoms with E-state index in [0.29, 0.717) is 5.92 Å². The van der Waals surface area contributed by atoms with Crippen molar-refractivity contribution in [2.24, 2.45) is 0 Å². The summed E-state index contributed by atoms with van der Waals surface area (Å²) >= 11 is 0. The molecule has 3 nitrogen and oxygen atoms in total. The van der Waals surface area contributed by atoms with Gasteiger partial charge in [-0.1, -0.05) is 55.5 Å². The first-order chi connectivity index (χ1) is 16.8. The minimum absolute atomic E-state index is 0.488. The smallest absolute Gasteiger partial charge is 0.0528 e. The van der Waals surface area contributed by atoms with Gasteiger partial charge < -0.3 is 13.7 Å². The zero-order valence-corrected chi connectivity index (χ0v) is 19.1. The monoisotopic (exact) mass is 439 g/mol. The molecule has 164 valence electrons. The largest absolute Gasteiger partial charge is 0.320 e. The van der Waals surface area contributed by atoms with Crippen LogP contribution in [-0.2, 0) is 0 Å². The maximum Gasteiger partial charge on any atom is 0.0528 e. The highest BCUT2D eigenvalue weighted by atomic mass is 15.0. The second-order valence-corrected chi connectivity index (χ2v) is 9.26. The molecule has 0 aliphatic heterocycles. The minimum Gasteiger partial charge on any atom is -0.320 e. The van der Waals surface area contributed by atoms with Gasteiger partial charge >= 0.3 is 0 Å². The van der Waals surface area contributed by atoms with Crippen molar-refractivity contribution >= 4 is 27.9 Å². The molecule has 0 N–H and O–H groups in total. The molecule has 6 aromatic rings. The third-order valence-electron chi connectivity index (χ3n) is 7.13. The van der Waals surface area contributed by atoms with Crippen LogP contribution >= 0.6 is 0 Å². The molecule has 0 saturated heterocycles. The predicted molar refractivity (Wildman–Crippen MR) is 142 cm³/mol. The van der Waals surface area contributed by atoms with Crippen LogP contribution < -0.4 is 0 Å². The molecule has 0 bridgehead atoms. The average molecular weight is 440 g/mol. The first-order valence-electron chi connectivity index (χ1n) is 11.9. The zero-order valence-electron chi connectivity index (χ0n) is 19.1. The van der Waals surface area contributed by atoms with Gasteiger partial charge in [-0.2, -0.15) is 0 Å². The van der Waals surface area contributed by atoms with E-state index in [1.165, 1.54) is 38.8 Å². The molecular weight excluding hydrogens is 414 g/mol. The maximum atomic E-state index is 2.38. The summed E-state index contributed by atoms with van der Waals surface area (Å²) in [4.78, 5) is 0. The number of rotatable bonds is 3. The fourth-order valence-corrected chi connectivity index (χ4v) is 5.47. The number of hydrogen-bond acceptors (Lipinski definition) is 0. The van der Waals surface area contributed by atoms with E-state index in [0.717, 1.165) is 17.8 Å². The molecule has 3 aromatic carbocycles. The highest BCUT2D eigenvalue weighted by molar-refractivity contribution is 5.84. The fourth-order valence-electron chi connectivity index (χ4n) is 5.47. The predicted octanol–water partition coefficient (Wildman–Crippen LogP) is 7.89. The Balaban J connectivity index is 1.50. The van der Waals surface area contributed by atoms with Crippen molar-refractivity contribution in [1.82, 2.24) is 13.7 Å². The molecule has 0 radical (unpaired) electrons. The summed E-state index contributed by atoms with van der Waals surface area (Å²) in [7, 11) is 0. The van der Waals surface area contributed by atoms with Crippen LogP contribution in [0.15, 0.2) is 110 Å². The van der Waals surface area contributed by atoms with Crippen molar-refractivity contribution in [3.8, 4) is 17.1 Å². The van der Waals surface area contributed by atoms with Crippen LogP contribution in [0.1, 0.15) is 30.5 Å². The van der Waals surface area contributed by atoms with Gasteiger partial charge in [0.1, 0.15) is 0 Å². The Labute approximate surface area is 198 Å². The molecule has 1 atom stereocenters. The Morgan fingerprint density at radius 2 is 1.15 bits per heavy atom. The van der Waals surface area contributed by atoms with E-state index in [2.05, 4.69) is 136 Å². The number of allylic oxidation sites excluding steroid dienone is 1. The molecule has 3 aromatic heterocycles. The van der Waals surface area contributed by atoms with Crippen LogP contribution in [-0.4, -0.2) is 13.7 Å². The summed E-state index contributed by atoms with van der Waals surface area (Å²) in [5, 5.41) is 2.50. The number of hydrogen-bond donors (Lipinski definition) is 0. The Hall–Kier alpha value is -4.24. The number of nitrogens with zero attached hydrogens (tertiary/aromatic N) is 3. The molecule has 34 heavy (non-hydrogen) atoms. The SMILES string of the molecule is CC1CC=Cc2ccn(-c3cc(-n4ccc5ccccc54)cc(-n4ccc5ccccc54)c3)c21. The van der Waals surface area contributed by atoms with Gasteiger partial charge in [0, 0.05) is 47.3 Å². The maximum absolute atomic E-state index is 2.38. The Morgan fingerprint density at radius 3 is 1.76 bits per heavy atom. The van der Waals surface area contributed by atoms with Crippen molar-refractivity contribution < 1.29 is 0 Å². The molecule has 1 unspecified atom stereocenters. The number of fused-ring (bicyclic) bond motifs is 3. The molecule has 0 fully saturated rings. The van der Waals surface area contributed by atoms with Crippen LogP contribution in [0, 0.1) is 0 Å². The highest BCUT2D eigenvalue weighted by Gasteiger charge is 2.19. The van der Waals surface area contributed by atoms with Crippen molar-refractivity contribution in [2.75, 3.05) is 0 Å². The molecule has 1 aliphatic rings. The summed E-state index contributed by atoms with van der Waals surface area (Å²) in [6.07, 6.45) is 12.2. The van der Waals surface area contributed by atoms with E-state index >= 15 is 0 Å². The lowest BCUT2D eigenvalue weighted by Crippen LogP contribution is -2.08. The van der Waals surface area contributed by atoms with E-state index in [1.807, 2.05) is 0 Å². The third-order valence-corrected chi connectivity index (χ3v) is 7.13. The molecule has 0 saturated carbocycles. The first kappa shape index (κ1) is 19.2. The second-order valence-electron chi connectivity index (χ2n) is 9.26. The topological polar surface area (TPSA) is 14.8 Å². The molecule has 7 rings (SSSR count). The van der Waals surface area contributed by atoms with Crippen LogP contribution in [0.5, 0.6) is 0 Å². The van der Waals surface area contributed by atoms with Crippen LogP contribution in [0.3, 0.4) is 0 Å². The average Bonchev–Trinajstić information content (AvgIpc) is 3.60. The molecule has 3 heteroatoms. The van der Waals surface area contributed by atoms with E-state index in [-0.39, 0.29) is 0 Å². The zero-order chi connectivity index (χ0) is 22.6. The summed E-state index contributed by atoms with van der Waals surface area (Å²) in [5.74, 6) is 0.488. The second kappa shape index (κ2) is 7.39. The van der Waals surface area contributed by atoms with Crippen molar-refractivity contribution in [3.63, 3.8) is 0 Å². The van der Waals surface area contributed by atoms with Crippen LogP contribution in [0.25, 0.3) is 44.9 Å². The van der Waals surface area contributed by atoms with E-state index in [1.54, 1.807) is 0 Å². The number of aromatic nitrogens is 3. The van der Waals surface area contributed by atoms with E-state index in [4.69, 9.17) is 0 Å². The standard InChI is InChI=1S/C31H25N3/c1-22-7-6-10-25-15-18-34(31(22)25)28-20-26(32-16-13-23-8-2-4-11-29(23)32)19-27(21-28)33-17-14-24-9-3-5-12-30(24)33/h2-6,8-22H,7H2,1H3. The van der Waals surface area contributed by atoms with Gasteiger partial charge in [-0.25, -0.2) is 0 Å². The van der Waals surface area contributed by atoms with Crippen LogP contribution in [0.4, 0.5) is 0 Å². The lowest BCUT2D eigenvalue weighted by atomic mass is 9.94. The number of benzene rings is 3. The van der Waals surface area contributed by atoms with E-state index < -0.39 is 0 Å². The lowest BCUT2D eigenvalue weighted by molar-refractivity contribution is 0.717. The van der Waals surface area contributed by atoms with Gasteiger partial charge in [-0.15, -0.1) is 0 Å². The highest BCUT2D eigenvalue weighted by Crippen LogP contribution is 2.34. The molecule has 0 amide bonds. The quantitative estimate of drug-likeness (QED) is 0.266. The third kappa shape index (κ3) is 2.90. The Morgan fingerprint density at radius 1 is 0.618 bits per heavy atom. The van der Waals surface area contributed by atoms with Gasteiger partial charge in [-0.3, -0.25) is 0 Å². The van der Waals surface area contributed by atoms with Crippen LogP contribution in [0.2, 0.25) is 0 Å². The van der Waals surface area contributed by atoms with Gasteiger partial charge in [0.25, 0.3) is 0 Å². The molecule has 1 aliphatic carbocycles. The Kier molecular flexibility index (Phi) is 4.18. The van der Waals surface area contributed by atoms with E-state index in [9.17, 15) is 0 Å².